The molecular formula is C16H10Cl2F3NO3. The first-order valence-corrected chi connectivity index (χ1v) is 7.52. The average Bonchev–Trinajstić information content (AvgIpc) is 2.54. The molecule has 0 unspecified atom stereocenters. The molecule has 0 aliphatic carbocycles. The summed E-state index contributed by atoms with van der Waals surface area (Å²) in [6.45, 7) is -0.759. The minimum atomic E-state index is -4.62. The first-order chi connectivity index (χ1) is 11.7. The molecule has 0 spiro atoms. The minimum absolute atomic E-state index is 0.0536. The third-order valence-corrected chi connectivity index (χ3v) is 3.74. The lowest BCUT2D eigenvalue weighted by molar-refractivity contribution is -0.137. The SMILES string of the molecule is O=C(COC(=O)c1ccc(Cl)c(Cl)c1)Nc1ccccc1C(F)(F)F. The predicted octanol–water partition coefficient (Wildman–Crippen LogP) is 4.81. The minimum Gasteiger partial charge on any atom is -0.452 e. The van der Waals surface area contributed by atoms with Gasteiger partial charge in [-0.3, -0.25) is 4.79 Å². The molecule has 0 heterocycles. The van der Waals surface area contributed by atoms with E-state index in [1.54, 1.807) is 0 Å². The van der Waals surface area contributed by atoms with E-state index in [0.29, 0.717) is 0 Å². The quantitative estimate of drug-likeness (QED) is 0.761. The second kappa shape index (κ2) is 7.76. The van der Waals surface area contributed by atoms with Crippen LogP contribution in [0.15, 0.2) is 42.5 Å². The lowest BCUT2D eigenvalue weighted by Gasteiger charge is -2.13. The van der Waals surface area contributed by atoms with Crippen LogP contribution in [0.3, 0.4) is 0 Å². The Morgan fingerprint density at radius 3 is 2.36 bits per heavy atom. The Balaban J connectivity index is 1.99. The molecule has 2 rings (SSSR count). The van der Waals surface area contributed by atoms with Crippen molar-refractivity contribution in [2.45, 2.75) is 6.18 Å². The number of esters is 1. The van der Waals surface area contributed by atoms with Crippen molar-refractivity contribution in [3.63, 3.8) is 0 Å². The Kier molecular flexibility index (Phi) is 5.92. The molecule has 0 saturated carbocycles. The van der Waals surface area contributed by atoms with Gasteiger partial charge in [0, 0.05) is 0 Å². The van der Waals surface area contributed by atoms with Gasteiger partial charge in [0.2, 0.25) is 0 Å². The third-order valence-electron chi connectivity index (χ3n) is 3.00. The Bertz CT molecular complexity index is 809. The van der Waals surface area contributed by atoms with E-state index in [2.05, 4.69) is 5.32 Å². The number of alkyl halides is 3. The number of para-hydroxylation sites is 1. The maximum absolute atomic E-state index is 12.8. The van der Waals surface area contributed by atoms with Gasteiger partial charge in [-0.15, -0.1) is 0 Å². The van der Waals surface area contributed by atoms with Crippen molar-refractivity contribution in [1.29, 1.82) is 0 Å². The molecule has 0 bridgehead atoms. The predicted molar refractivity (Wildman–Crippen MR) is 86.8 cm³/mol. The standard InChI is InChI=1S/C16H10Cl2F3NO3/c17-11-6-5-9(7-12(11)18)15(24)25-8-14(23)22-13-4-2-1-3-10(13)16(19,20)21/h1-7H,8H2,(H,22,23). The zero-order valence-electron chi connectivity index (χ0n) is 12.4. The largest absolute Gasteiger partial charge is 0.452 e. The number of carbonyl (C=O) groups excluding carboxylic acids is 2. The van der Waals surface area contributed by atoms with Gasteiger partial charge in [0.05, 0.1) is 26.9 Å². The highest BCUT2D eigenvalue weighted by Gasteiger charge is 2.33. The fraction of sp³-hybridized carbons (Fsp3) is 0.125. The molecule has 9 heteroatoms. The lowest BCUT2D eigenvalue weighted by Crippen LogP contribution is -2.22. The van der Waals surface area contributed by atoms with Crippen molar-refractivity contribution in [1.82, 2.24) is 0 Å². The Morgan fingerprint density at radius 1 is 1.04 bits per heavy atom. The summed E-state index contributed by atoms with van der Waals surface area (Å²) in [5.74, 6) is -1.78. The Labute approximate surface area is 150 Å². The van der Waals surface area contributed by atoms with Gasteiger partial charge < -0.3 is 10.1 Å². The summed E-state index contributed by atoms with van der Waals surface area (Å²) in [5.41, 5.74) is -1.37. The van der Waals surface area contributed by atoms with Gasteiger partial charge in [0.25, 0.3) is 5.91 Å². The second-order valence-corrected chi connectivity index (χ2v) is 5.61. The number of carbonyl (C=O) groups is 2. The van der Waals surface area contributed by atoms with Crippen LogP contribution in [0, 0.1) is 0 Å². The average molecular weight is 392 g/mol. The highest BCUT2D eigenvalue weighted by Crippen LogP contribution is 2.34. The Morgan fingerprint density at radius 2 is 1.72 bits per heavy atom. The summed E-state index contributed by atoms with van der Waals surface area (Å²) in [4.78, 5) is 23.6. The Hall–Kier alpha value is -2.25. The van der Waals surface area contributed by atoms with Crippen LogP contribution >= 0.6 is 23.2 Å². The number of amides is 1. The van der Waals surface area contributed by atoms with Gasteiger partial charge in [-0.2, -0.15) is 13.2 Å². The van der Waals surface area contributed by atoms with Gasteiger partial charge in [-0.05, 0) is 30.3 Å². The maximum atomic E-state index is 12.8. The molecule has 0 aromatic heterocycles. The zero-order chi connectivity index (χ0) is 18.6. The molecule has 0 aliphatic heterocycles. The van der Waals surface area contributed by atoms with Crippen LogP contribution in [0.5, 0.6) is 0 Å². The first kappa shape index (κ1) is 19.1. The summed E-state index contributed by atoms with van der Waals surface area (Å²) in [5, 5.41) is 2.42. The maximum Gasteiger partial charge on any atom is 0.418 e. The fourth-order valence-corrected chi connectivity index (χ4v) is 2.16. The summed E-state index contributed by atoms with van der Waals surface area (Å²) in [6, 6.07) is 8.44. The molecule has 1 amide bonds. The summed E-state index contributed by atoms with van der Waals surface area (Å²) in [7, 11) is 0. The van der Waals surface area contributed by atoms with E-state index < -0.39 is 35.9 Å². The number of rotatable bonds is 4. The molecule has 0 fully saturated rings. The number of nitrogens with one attached hydrogen (secondary N) is 1. The normalized spacial score (nSPS) is 11.1. The lowest BCUT2D eigenvalue weighted by atomic mass is 10.1. The van der Waals surface area contributed by atoms with E-state index in [0.717, 1.165) is 12.1 Å². The number of halogens is 5. The molecule has 0 radical (unpaired) electrons. The highest BCUT2D eigenvalue weighted by molar-refractivity contribution is 6.42. The molecule has 0 saturated heterocycles. The van der Waals surface area contributed by atoms with Crippen molar-refractivity contribution < 1.29 is 27.5 Å². The van der Waals surface area contributed by atoms with E-state index in [9.17, 15) is 22.8 Å². The monoisotopic (exact) mass is 391 g/mol. The van der Waals surface area contributed by atoms with Crippen molar-refractivity contribution >= 4 is 40.8 Å². The summed E-state index contributed by atoms with van der Waals surface area (Å²) >= 11 is 11.5. The number of ether oxygens (including phenoxy) is 1. The van der Waals surface area contributed by atoms with Gasteiger partial charge in [-0.1, -0.05) is 35.3 Å². The van der Waals surface area contributed by atoms with Crippen molar-refractivity contribution in [2.75, 3.05) is 11.9 Å². The van der Waals surface area contributed by atoms with Crippen LogP contribution < -0.4 is 5.32 Å². The van der Waals surface area contributed by atoms with Crippen LogP contribution in [0.4, 0.5) is 18.9 Å². The zero-order valence-corrected chi connectivity index (χ0v) is 13.9. The van der Waals surface area contributed by atoms with Gasteiger partial charge in [0.15, 0.2) is 6.61 Å². The van der Waals surface area contributed by atoms with Crippen molar-refractivity contribution in [3.05, 3.63) is 63.6 Å². The number of benzene rings is 2. The molecule has 25 heavy (non-hydrogen) atoms. The van der Waals surface area contributed by atoms with Crippen LogP contribution in [-0.2, 0) is 15.7 Å². The number of anilines is 1. The molecule has 2 aromatic rings. The smallest absolute Gasteiger partial charge is 0.418 e. The summed E-state index contributed by atoms with van der Waals surface area (Å²) < 4.78 is 43.3. The number of hydrogen-bond donors (Lipinski definition) is 1. The van der Waals surface area contributed by atoms with Crippen molar-refractivity contribution in [3.8, 4) is 0 Å². The van der Waals surface area contributed by atoms with Gasteiger partial charge in [-0.25, -0.2) is 4.79 Å². The van der Waals surface area contributed by atoms with Crippen molar-refractivity contribution in [2.24, 2.45) is 0 Å². The number of hydrogen-bond acceptors (Lipinski definition) is 3. The topological polar surface area (TPSA) is 55.4 Å². The van der Waals surface area contributed by atoms with Crippen LogP contribution in [-0.4, -0.2) is 18.5 Å². The fourth-order valence-electron chi connectivity index (χ4n) is 1.86. The molecule has 0 atom stereocenters. The molecule has 132 valence electrons. The van der Waals surface area contributed by atoms with E-state index in [-0.39, 0.29) is 15.6 Å². The third kappa shape index (κ3) is 5.11. The molecule has 2 aromatic carbocycles. The van der Waals surface area contributed by atoms with E-state index in [1.807, 2.05) is 0 Å². The molecule has 0 aliphatic rings. The highest BCUT2D eigenvalue weighted by atomic mass is 35.5. The van der Waals surface area contributed by atoms with Gasteiger partial charge in [0.1, 0.15) is 0 Å². The van der Waals surface area contributed by atoms with Crippen LogP contribution in [0.1, 0.15) is 15.9 Å². The van der Waals surface area contributed by atoms with Crippen LogP contribution in [0.2, 0.25) is 10.0 Å². The van der Waals surface area contributed by atoms with E-state index in [4.69, 9.17) is 27.9 Å². The second-order valence-electron chi connectivity index (χ2n) is 4.80. The van der Waals surface area contributed by atoms with Crippen LogP contribution in [0.25, 0.3) is 0 Å². The van der Waals surface area contributed by atoms with E-state index in [1.165, 1.54) is 30.3 Å². The molecule has 1 N–H and O–H groups in total. The van der Waals surface area contributed by atoms with E-state index >= 15 is 0 Å². The van der Waals surface area contributed by atoms with Gasteiger partial charge >= 0.3 is 12.1 Å². The summed E-state index contributed by atoms with van der Waals surface area (Å²) in [6.07, 6.45) is -4.62. The molecule has 4 nitrogen and oxygen atoms in total. The molecular weight excluding hydrogens is 382 g/mol. The first-order valence-electron chi connectivity index (χ1n) is 6.76.